The molecule has 1 aromatic carbocycles. The van der Waals surface area contributed by atoms with Crippen LogP contribution < -0.4 is 16.4 Å². The van der Waals surface area contributed by atoms with Crippen molar-refractivity contribution in [3.63, 3.8) is 0 Å². The number of primary amides is 1. The number of amides is 1. The summed E-state index contributed by atoms with van der Waals surface area (Å²) in [4.78, 5) is 13.1. The summed E-state index contributed by atoms with van der Waals surface area (Å²) in [6.07, 6.45) is 2.22. The van der Waals surface area contributed by atoms with E-state index in [1.165, 1.54) is 0 Å². The Balaban J connectivity index is 2.92. The zero-order valence-corrected chi connectivity index (χ0v) is 9.86. The van der Waals surface area contributed by atoms with Gasteiger partial charge in [-0.15, -0.1) is 0 Å². The van der Waals surface area contributed by atoms with Gasteiger partial charge >= 0.3 is 0 Å². The zero-order chi connectivity index (χ0) is 12.1. The molecule has 88 valence electrons. The third kappa shape index (κ3) is 2.89. The van der Waals surface area contributed by atoms with E-state index in [0.29, 0.717) is 11.3 Å². The zero-order valence-electron chi connectivity index (χ0n) is 9.86. The highest BCUT2D eigenvalue weighted by Crippen LogP contribution is 2.23. The van der Waals surface area contributed by atoms with Crippen molar-refractivity contribution in [2.45, 2.75) is 19.8 Å². The average Bonchev–Trinajstić information content (AvgIpc) is 2.26. The van der Waals surface area contributed by atoms with Crippen LogP contribution in [-0.2, 0) is 0 Å². The summed E-state index contributed by atoms with van der Waals surface area (Å²) in [7, 11) is 1.96. The number of rotatable bonds is 5. The predicted octanol–water partition coefficient (Wildman–Crippen LogP) is 1.60. The molecule has 1 rings (SSSR count). The highest BCUT2D eigenvalue weighted by molar-refractivity contribution is 5.95. The number of nitrogens with zero attached hydrogens (tertiary/aromatic N) is 1. The van der Waals surface area contributed by atoms with Crippen LogP contribution in [0.25, 0.3) is 0 Å². The second-order valence-electron chi connectivity index (χ2n) is 3.91. The van der Waals surface area contributed by atoms with Gasteiger partial charge in [-0.1, -0.05) is 13.3 Å². The Labute approximate surface area is 96.2 Å². The quantitative estimate of drug-likeness (QED) is 0.742. The minimum Gasteiger partial charge on any atom is -0.397 e. The lowest BCUT2D eigenvalue weighted by Gasteiger charge is -2.21. The molecule has 1 amide bonds. The van der Waals surface area contributed by atoms with Gasteiger partial charge in [0.05, 0.1) is 11.4 Å². The van der Waals surface area contributed by atoms with Crippen molar-refractivity contribution < 1.29 is 4.79 Å². The van der Waals surface area contributed by atoms with Gasteiger partial charge in [-0.05, 0) is 24.6 Å². The summed E-state index contributed by atoms with van der Waals surface area (Å²) < 4.78 is 0. The third-order valence-corrected chi connectivity index (χ3v) is 2.57. The number of nitrogens with two attached hydrogens (primary N) is 2. The topological polar surface area (TPSA) is 72.3 Å². The van der Waals surface area contributed by atoms with Gasteiger partial charge in [0.1, 0.15) is 0 Å². The van der Waals surface area contributed by atoms with Crippen molar-refractivity contribution >= 4 is 17.3 Å². The van der Waals surface area contributed by atoms with Crippen LogP contribution in [0.15, 0.2) is 18.2 Å². The highest BCUT2D eigenvalue weighted by Gasteiger charge is 2.08. The molecular weight excluding hydrogens is 202 g/mol. The van der Waals surface area contributed by atoms with Crippen LogP contribution >= 0.6 is 0 Å². The molecule has 0 aromatic heterocycles. The van der Waals surface area contributed by atoms with Gasteiger partial charge in [0.25, 0.3) is 0 Å². The molecule has 0 spiro atoms. The van der Waals surface area contributed by atoms with Crippen LogP contribution in [0.4, 0.5) is 11.4 Å². The second-order valence-corrected chi connectivity index (χ2v) is 3.91. The standard InChI is InChI=1S/C12H19N3O/c1-3-4-7-15(2)11-8-9(12(14)16)5-6-10(11)13/h5-6,8H,3-4,7,13H2,1-2H3,(H2,14,16). The second kappa shape index (κ2) is 5.39. The van der Waals surface area contributed by atoms with Crippen molar-refractivity contribution in [3.8, 4) is 0 Å². The summed E-state index contributed by atoms with van der Waals surface area (Å²) in [5, 5.41) is 0. The van der Waals surface area contributed by atoms with E-state index < -0.39 is 5.91 Å². The Kier molecular flexibility index (Phi) is 4.17. The molecule has 0 saturated heterocycles. The first-order valence-electron chi connectivity index (χ1n) is 5.46. The minimum atomic E-state index is -0.426. The number of benzene rings is 1. The highest BCUT2D eigenvalue weighted by atomic mass is 16.1. The summed E-state index contributed by atoms with van der Waals surface area (Å²) in [6.45, 7) is 3.06. The average molecular weight is 221 g/mol. The van der Waals surface area contributed by atoms with Gasteiger partial charge in [0.15, 0.2) is 0 Å². The van der Waals surface area contributed by atoms with Gasteiger partial charge in [0.2, 0.25) is 5.91 Å². The molecule has 0 fully saturated rings. The van der Waals surface area contributed by atoms with E-state index in [1.807, 2.05) is 11.9 Å². The molecule has 4 heteroatoms. The first-order chi connectivity index (χ1) is 7.56. The number of unbranched alkanes of at least 4 members (excludes halogenated alkanes) is 1. The lowest BCUT2D eigenvalue weighted by Crippen LogP contribution is -2.21. The normalized spacial score (nSPS) is 10.1. The molecule has 0 aliphatic heterocycles. The SMILES string of the molecule is CCCCN(C)c1cc(C(N)=O)ccc1N. The smallest absolute Gasteiger partial charge is 0.248 e. The van der Waals surface area contributed by atoms with E-state index in [1.54, 1.807) is 18.2 Å². The number of carbonyl (C=O) groups is 1. The van der Waals surface area contributed by atoms with E-state index >= 15 is 0 Å². The number of anilines is 2. The van der Waals surface area contributed by atoms with Crippen molar-refractivity contribution in [3.05, 3.63) is 23.8 Å². The molecule has 0 unspecified atom stereocenters. The Morgan fingerprint density at radius 3 is 2.69 bits per heavy atom. The molecule has 0 radical (unpaired) electrons. The Bertz CT molecular complexity index is 377. The largest absolute Gasteiger partial charge is 0.397 e. The number of hydrogen-bond acceptors (Lipinski definition) is 3. The van der Waals surface area contributed by atoms with Gasteiger partial charge < -0.3 is 16.4 Å². The van der Waals surface area contributed by atoms with Crippen LogP contribution in [0.3, 0.4) is 0 Å². The first kappa shape index (κ1) is 12.4. The van der Waals surface area contributed by atoms with Crippen molar-refractivity contribution in [2.24, 2.45) is 5.73 Å². The molecule has 0 heterocycles. The first-order valence-corrected chi connectivity index (χ1v) is 5.46. The van der Waals surface area contributed by atoms with Crippen LogP contribution in [-0.4, -0.2) is 19.5 Å². The van der Waals surface area contributed by atoms with E-state index in [4.69, 9.17) is 11.5 Å². The van der Waals surface area contributed by atoms with Crippen LogP contribution in [0.2, 0.25) is 0 Å². The van der Waals surface area contributed by atoms with Gasteiger partial charge in [0, 0.05) is 19.2 Å². The number of hydrogen-bond donors (Lipinski definition) is 2. The molecule has 4 nitrogen and oxygen atoms in total. The Morgan fingerprint density at radius 2 is 2.12 bits per heavy atom. The lowest BCUT2D eigenvalue weighted by atomic mass is 10.1. The molecule has 0 atom stereocenters. The summed E-state index contributed by atoms with van der Waals surface area (Å²) in [6, 6.07) is 5.11. The molecule has 4 N–H and O–H groups in total. The molecule has 0 saturated carbocycles. The maximum Gasteiger partial charge on any atom is 0.248 e. The molecule has 0 aliphatic rings. The summed E-state index contributed by atoms with van der Waals surface area (Å²) in [5.41, 5.74) is 13.1. The summed E-state index contributed by atoms with van der Waals surface area (Å²) >= 11 is 0. The van der Waals surface area contributed by atoms with E-state index in [2.05, 4.69) is 6.92 Å². The monoisotopic (exact) mass is 221 g/mol. The third-order valence-electron chi connectivity index (χ3n) is 2.57. The maximum atomic E-state index is 11.1. The number of carbonyl (C=O) groups excluding carboxylic acids is 1. The fraction of sp³-hybridized carbons (Fsp3) is 0.417. The van der Waals surface area contributed by atoms with Crippen LogP contribution in [0, 0.1) is 0 Å². The van der Waals surface area contributed by atoms with E-state index in [9.17, 15) is 4.79 Å². The van der Waals surface area contributed by atoms with Gasteiger partial charge in [-0.2, -0.15) is 0 Å². The maximum absolute atomic E-state index is 11.1. The minimum absolute atomic E-state index is 0.426. The molecule has 0 bridgehead atoms. The molecule has 16 heavy (non-hydrogen) atoms. The van der Waals surface area contributed by atoms with Gasteiger partial charge in [-0.3, -0.25) is 4.79 Å². The van der Waals surface area contributed by atoms with Crippen molar-refractivity contribution in [1.29, 1.82) is 0 Å². The fourth-order valence-corrected chi connectivity index (χ4v) is 1.54. The molecular formula is C12H19N3O. The molecule has 1 aromatic rings. The van der Waals surface area contributed by atoms with Gasteiger partial charge in [-0.25, -0.2) is 0 Å². The van der Waals surface area contributed by atoms with Crippen LogP contribution in [0.5, 0.6) is 0 Å². The fourth-order valence-electron chi connectivity index (χ4n) is 1.54. The Hall–Kier alpha value is -1.71. The number of nitrogen functional groups attached to an aromatic ring is 1. The van der Waals surface area contributed by atoms with Crippen molar-refractivity contribution in [2.75, 3.05) is 24.2 Å². The summed E-state index contributed by atoms with van der Waals surface area (Å²) in [5.74, 6) is -0.426. The molecule has 0 aliphatic carbocycles. The predicted molar refractivity (Wildman–Crippen MR) is 67.6 cm³/mol. The van der Waals surface area contributed by atoms with E-state index in [-0.39, 0.29) is 0 Å². The lowest BCUT2D eigenvalue weighted by molar-refractivity contribution is 0.100. The Morgan fingerprint density at radius 1 is 1.44 bits per heavy atom. The van der Waals surface area contributed by atoms with E-state index in [0.717, 1.165) is 25.1 Å². The van der Waals surface area contributed by atoms with Crippen molar-refractivity contribution in [1.82, 2.24) is 0 Å². The van der Waals surface area contributed by atoms with Crippen LogP contribution in [0.1, 0.15) is 30.1 Å².